The predicted octanol–water partition coefficient (Wildman–Crippen LogP) is 13.4. The summed E-state index contributed by atoms with van der Waals surface area (Å²) < 4.78 is 296. The van der Waals surface area contributed by atoms with E-state index < -0.39 is 144 Å². The molecule has 0 radical (unpaired) electrons. The van der Waals surface area contributed by atoms with E-state index in [-0.39, 0.29) is 0 Å². The molecule has 0 unspecified atom stereocenters. The standard InChI is InChI=1S/C29H39N2.C24BF20/c1-2-3-4-5-6-7-8-9-10-12-15-26-18-20-28(21-19-26)29-24-30-22-23-31(29)25-27-16-13-11-14-17-27;26-5-1(6(27)14(35)21(42)13(5)34)25(2-7(28)15(36)22(43)16(37)8(2)29,3-9(30)17(38)23(44)18(39)10(3)31)4-11(32)19(40)24(45)20(41)12(4)33/h11,13-14,16-24H,2-10,12,15,25H2,1H3;/q+1;-1. The van der Waals surface area contributed by atoms with Crippen LogP contribution in [-0.2, 0) is 13.0 Å². The topological polar surface area (TPSA) is 16.8 Å². The van der Waals surface area contributed by atoms with E-state index in [9.17, 15) is 52.7 Å². The molecule has 0 aliphatic heterocycles. The lowest BCUT2D eigenvalue weighted by molar-refractivity contribution is -0.678. The predicted molar refractivity (Wildman–Crippen MR) is 240 cm³/mol. The molecule has 0 saturated carbocycles. The van der Waals surface area contributed by atoms with E-state index in [1.54, 1.807) is 0 Å². The number of aryl methyl sites for hydroxylation is 1. The van der Waals surface area contributed by atoms with Crippen molar-refractivity contribution in [3.05, 3.63) is 201 Å². The molecule has 7 rings (SSSR count). The second-order valence-corrected chi connectivity index (χ2v) is 17.5. The number of halogens is 20. The van der Waals surface area contributed by atoms with Crippen LogP contribution >= 0.6 is 0 Å². The lowest BCUT2D eigenvalue weighted by atomic mass is 9.12. The third kappa shape index (κ3) is 11.1. The molecule has 2 nitrogen and oxygen atoms in total. The minimum Gasteiger partial charge on any atom is -0.252 e. The largest absolute Gasteiger partial charge is 0.252 e. The molecular formula is C53H39BF20N2. The van der Waals surface area contributed by atoms with Crippen LogP contribution in [0.15, 0.2) is 73.2 Å². The molecule has 0 spiro atoms. The van der Waals surface area contributed by atoms with Gasteiger partial charge in [0.2, 0.25) is 5.69 Å². The van der Waals surface area contributed by atoms with Crippen LogP contribution in [0, 0.1) is 116 Å². The smallest absolute Gasteiger partial charge is 0.231 e. The lowest BCUT2D eigenvalue weighted by Crippen LogP contribution is -2.81. The summed E-state index contributed by atoms with van der Waals surface area (Å²) >= 11 is 0. The van der Waals surface area contributed by atoms with Crippen LogP contribution in [0.4, 0.5) is 87.8 Å². The Morgan fingerprint density at radius 3 is 1.01 bits per heavy atom. The van der Waals surface area contributed by atoms with Gasteiger partial charge in [-0.05, 0) is 30.5 Å². The van der Waals surface area contributed by atoms with E-state index in [2.05, 4.69) is 77.3 Å². The van der Waals surface area contributed by atoms with Crippen molar-refractivity contribution in [1.29, 1.82) is 0 Å². The van der Waals surface area contributed by atoms with Crippen LogP contribution in [0.3, 0.4) is 0 Å². The monoisotopic (exact) mass is 1090 g/mol. The first-order valence-electron chi connectivity index (χ1n) is 23.3. The van der Waals surface area contributed by atoms with Crippen LogP contribution < -0.4 is 26.4 Å². The van der Waals surface area contributed by atoms with Crippen molar-refractivity contribution in [3.63, 3.8) is 0 Å². The Kier molecular flexibility index (Phi) is 19.0. The number of aromatic nitrogens is 2. The fourth-order valence-corrected chi connectivity index (χ4v) is 9.08. The average molecular weight is 1090 g/mol. The zero-order valence-electron chi connectivity index (χ0n) is 39.4. The molecule has 0 aliphatic carbocycles. The first kappa shape index (κ1) is 58.3. The third-order valence-corrected chi connectivity index (χ3v) is 12.8. The third-order valence-electron chi connectivity index (χ3n) is 12.8. The number of unbranched alkanes of at least 4 members (excludes halogenated alkanes) is 9. The van der Waals surface area contributed by atoms with Gasteiger partial charge in [0.25, 0.3) is 0 Å². The van der Waals surface area contributed by atoms with E-state index in [4.69, 9.17) is 0 Å². The average Bonchev–Trinajstić information content (AvgIpc) is 3.42. The van der Waals surface area contributed by atoms with Gasteiger partial charge in [0.15, 0.2) is 82.5 Å². The Labute approximate surface area is 420 Å². The Bertz CT molecular complexity index is 2850. The highest BCUT2D eigenvalue weighted by Crippen LogP contribution is 2.31. The van der Waals surface area contributed by atoms with Gasteiger partial charge in [0.05, 0.1) is 12.4 Å². The van der Waals surface area contributed by atoms with Crippen LogP contribution in [-0.4, -0.2) is 11.1 Å². The molecule has 0 fully saturated rings. The summed E-state index contributed by atoms with van der Waals surface area (Å²) in [5, 5.41) is 0. The summed E-state index contributed by atoms with van der Waals surface area (Å²) in [6.45, 7) is 3.15. The number of hydrogen-bond acceptors (Lipinski definition) is 1. The molecule has 0 saturated heterocycles. The first-order chi connectivity index (χ1) is 36.1. The van der Waals surface area contributed by atoms with Crippen LogP contribution in [0.5, 0.6) is 0 Å². The molecule has 0 amide bonds. The quantitative estimate of drug-likeness (QED) is 0.0209. The highest BCUT2D eigenvalue weighted by molar-refractivity contribution is 7.20. The van der Waals surface area contributed by atoms with Crippen molar-refractivity contribution in [2.24, 2.45) is 0 Å². The van der Waals surface area contributed by atoms with Gasteiger partial charge in [-0.25, -0.2) is 87.8 Å². The summed E-state index contributed by atoms with van der Waals surface area (Å²) in [5.41, 5.74) is -9.18. The number of nitrogens with zero attached hydrogens (tertiary/aromatic N) is 2. The van der Waals surface area contributed by atoms with Gasteiger partial charge in [-0.3, -0.25) is 4.98 Å². The Morgan fingerprint density at radius 2 is 0.671 bits per heavy atom. The molecular weight excluding hydrogens is 1060 g/mol. The molecule has 76 heavy (non-hydrogen) atoms. The summed E-state index contributed by atoms with van der Waals surface area (Å²) in [6, 6.07) is 19.7. The van der Waals surface area contributed by atoms with Gasteiger partial charge in [-0.15, -0.1) is 21.9 Å². The molecule has 23 heteroatoms. The van der Waals surface area contributed by atoms with E-state index in [0.717, 1.165) is 12.2 Å². The Morgan fingerprint density at radius 1 is 0.355 bits per heavy atom. The Balaban J connectivity index is 0.000000264. The molecule has 0 bridgehead atoms. The van der Waals surface area contributed by atoms with Gasteiger partial charge < -0.3 is 0 Å². The fourth-order valence-electron chi connectivity index (χ4n) is 9.08. The summed E-state index contributed by atoms with van der Waals surface area (Å²) in [5.74, 6) is -71.4. The zero-order valence-corrected chi connectivity index (χ0v) is 39.4. The van der Waals surface area contributed by atoms with E-state index in [0.29, 0.717) is 0 Å². The maximum atomic E-state index is 15.4. The van der Waals surface area contributed by atoms with Crippen molar-refractivity contribution in [2.45, 2.75) is 84.1 Å². The van der Waals surface area contributed by atoms with Crippen LogP contribution in [0.2, 0.25) is 0 Å². The van der Waals surface area contributed by atoms with Gasteiger partial charge in [0, 0.05) is 11.1 Å². The van der Waals surface area contributed by atoms with Crippen LogP contribution in [0.25, 0.3) is 11.3 Å². The second kappa shape index (κ2) is 24.8. The normalized spacial score (nSPS) is 11.6. The van der Waals surface area contributed by atoms with Gasteiger partial charge in [0.1, 0.15) is 52.7 Å². The highest BCUT2D eigenvalue weighted by atomic mass is 19.2. The molecule has 7 aromatic rings. The van der Waals surface area contributed by atoms with Gasteiger partial charge in [-0.2, -0.15) is 4.57 Å². The summed E-state index contributed by atoms with van der Waals surface area (Å²) in [7, 11) is 0. The van der Waals surface area contributed by atoms with E-state index in [1.165, 1.54) is 87.3 Å². The summed E-state index contributed by atoms with van der Waals surface area (Å²) in [6.07, 6.45) is 13.8. The highest BCUT2D eigenvalue weighted by Gasteiger charge is 2.52. The molecule has 6 aromatic carbocycles. The molecule has 0 atom stereocenters. The minimum absolute atomic E-state index is 0.860. The number of rotatable bonds is 18. The molecule has 0 aliphatic rings. The number of benzene rings is 6. The molecule has 404 valence electrons. The minimum atomic E-state index is -7.22. The molecule has 1 heterocycles. The maximum absolute atomic E-state index is 15.4. The van der Waals surface area contributed by atoms with E-state index in [1.807, 2.05) is 12.4 Å². The maximum Gasteiger partial charge on any atom is 0.231 e. The second-order valence-electron chi connectivity index (χ2n) is 17.5. The lowest BCUT2D eigenvalue weighted by Gasteiger charge is -2.44. The van der Waals surface area contributed by atoms with Crippen molar-refractivity contribution in [3.8, 4) is 11.3 Å². The van der Waals surface area contributed by atoms with Gasteiger partial charge >= 0.3 is 0 Å². The molecule has 1 aromatic heterocycles. The van der Waals surface area contributed by atoms with Crippen molar-refractivity contribution < 1.29 is 92.4 Å². The molecule has 0 N–H and O–H groups in total. The first-order valence-corrected chi connectivity index (χ1v) is 23.3. The SMILES string of the molecule is CCCCCCCCCCCCc1ccc(-c2cncc[n+]2Cc2ccccc2)cc1.Fc1c(F)c(F)c([B-](c2c(F)c(F)c(F)c(F)c2F)(c2c(F)c(F)c(F)c(F)c2F)c2c(F)c(F)c(F)c(F)c2F)c(F)c1F. The van der Waals surface area contributed by atoms with E-state index >= 15 is 35.1 Å². The van der Waals surface area contributed by atoms with Crippen molar-refractivity contribution >= 4 is 28.0 Å². The number of hydrogen-bond donors (Lipinski definition) is 0. The van der Waals surface area contributed by atoms with Crippen molar-refractivity contribution in [1.82, 2.24) is 4.98 Å². The Hall–Kier alpha value is -6.94. The van der Waals surface area contributed by atoms with Crippen molar-refractivity contribution in [2.75, 3.05) is 0 Å². The zero-order chi connectivity index (χ0) is 55.9. The fraction of sp³-hybridized carbons (Fsp3) is 0.245. The van der Waals surface area contributed by atoms with Gasteiger partial charge in [-0.1, -0.05) is 107 Å². The summed E-state index contributed by atoms with van der Waals surface area (Å²) in [4.78, 5) is 4.37. The van der Waals surface area contributed by atoms with Crippen LogP contribution in [0.1, 0.15) is 82.3 Å².